The lowest BCUT2D eigenvalue weighted by molar-refractivity contribution is 0.104. The molecule has 26 heavy (non-hydrogen) atoms. The van der Waals surface area contributed by atoms with Crippen molar-refractivity contribution in [1.29, 1.82) is 0 Å². The zero-order valence-corrected chi connectivity index (χ0v) is 15.0. The van der Waals surface area contributed by atoms with Crippen molar-refractivity contribution >= 4 is 22.6 Å². The Balaban J connectivity index is 1.88. The van der Waals surface area contributed by atoms with Gasteiger partial charge in [-0.15, -0.1) is 0 Å². The van der Waals surface area contributed by atoms with Crippen LogP contribution in [0.5, 0.6) is 17.2 Å². The van der Waals surface area contributed by atoms with Gasteiger partial charge in [0.15, 0.2) is 17.3 Å². The number of methoxy groups -OCH3 is 3. The van der Waals surface area contributed by atoms with Gasteiger partial charge < -0.3 is 14.2 Å². The van der Waals surface area contributed by atoms with Crippen molar-refractivity contribution in [2.75, 3.05) is 21.3 Å². The lowest BCUT2D eigenvalue weighted by Gasteiger charge is -2.09. The van der Waals surface area contributed by atoms with E-state index >= 15 is 0 Å². The number of rotatable bonds is 6. The molecular formula is C22H20O4. The summed E-state index contributed by atoms with van der Waals surface area (Å²) in [4.78, 5) is 12.6. The second kappa shape index (κ2) is 7.74. The molecule has 0 saturated carbocycles. The highest BCUT2D eigenvalue weighted by molar-refractivity contribution is 6.08. The lowest BCUT2D eigenvalue weighted by atomic mass is 10.0. The van der Waals surface area contributed by atoms with Crippen molar-refractivity contribution in [3.63, 3.8) is 0 Å². The zero-order valence-electron chi connectivity index (χ0n) is 15.0. The Hall–Kier alpha value is -3.27. The molecule has 3 rings (SSSR count). The van der Waals surface area contributed by atoms with Crippen molar-refractivity contribution in [3.8, 4) is 17.2 Å². The molecule has 0 fully saturated rings. The quantitative estimate of drug-likeness (QED) is 0.476. The normalized spacial score (nSPS) is 10.9. The minimum atomic E-state index is -0.0763. The van der Waals surface area contributed by atoms with Gasteiger partial charge in [-0.05, 0) is 47.2 Å². The van der Waals surface area contributed by atoms with Crippen molar-refractivity contribution in [2.24, 2.45) is 0 Å². The highest BCUT2D eigenvalue weighted by atomic mass is 16.5. The molecule has 0 aromatic heterocycles. The van der Waals surface area contributed by atoms with E-state index < -0.39 is 0 Å². The van der Waals surface area contributed by atoms with E-state index in [1.807, 2.05) is 54.6 Å². The van der Waals surface area contributed by atoms with Gasteiger partial charge >= 0.3 is 0 Å². The number of carbonyl (C=O) groups is 1. The van der Waals surface area contributed by atoms with Gasteiger partial charge in [-0.1, -0.05) is 30.3 Å². The Morgan fingerprint density at radius 2 is 1.62 bits per heavy atom. The number of ether oxygens (including phenoxy) is 3. The summed E-state index contributed by atoms with van der Waals surface area (Å²) in [6, 6.07) is 16.9. The first-order valence-corrected chi connectivity index (χ1v) is 8.17. The first-order chi connectivity index (χ1) is 12.7. The molecule has 0 amide bonds. The first kappa shape index (κ1) is 17.5. The van der Waals surface area contributed by atoms with Gasteiger partial charge in [0, 0.05) is 11.1 Å². The fourth-order valence-corrected chi connectivity index (χ4v) is 2.81. The molecule has 4 heteroatoms. The molecule has 132 valence electrons. The molecule has 0 bridgehead atoms. The maximum atomic E-state index is 12.6. The summed E-state index contributed by atoms with van der Waals surface area (Å²) in [7, 11) is 4.80. The van der Waals surface area contributed by atoms with Gasteiger partial charge in [-0.3, -0.25) is 4.79 Å². The minimum absolute atomic E-state index is 0.0763. The van der Waals surface area contributed by atoms with Crippen LogP contribution in [-0.2, 0) is 0 Å². The summed E-state index contributed by atoms with van der Waals surface area (Å²) in [5, 5.41) is 2.02. The Morgan fingerprint density at radius 1 is 0.846 bits per heavy atom. The third kappa shape index (κ3) is 3.54. The average Bonchev–Trinajstić information content (AvgIpc) is 2.70. The molecule has 3 aromatic carbocycles. The third-order valence-corrected chi connectivity index (χ3v) is 4.18. The maximum absolute atomic E-state index is 12.6. The Kier molecular flexibility index (Phi) is 5.23. The topological polar surface area (TPSA) is 44.8 Å². The van der Waals surface area contributed by atoms with E-state index in [-0.39, 0.29) is 5.78 Å². The average molecular weight is 348 g/mol. The van der Waals surface area contributed by atoms with Crippen LogP contribution in [0.15, 0.2) is 60.7 Å². The molecule has 0 N–H and O–H groups in total. The molecule has 0 unspecified atom stereocenters. The summed E-state index contributed by atoms with van der Waals surface area (Å²) >= 11 is 0. The van der Waals surface area contributed by atoms with Crippen LogP contribution < -0.4 is 14.2 Å². The third-order valence-electron chi connectivity index (χ3n) is 4.18. The molecule has 0 aliphatic carbocycles. The second-order valence-corrected chi connectivity index (χ2v) is 5.71. The van der Waals surface area contributed by atoms with Crippen molar-refractivity contribution in [2.45, 2.75) is 0 Å². The van der Waals surface area contributed by atoms with Gasteiger partial charge in [0.05, 0.1) is 21.3 Å². The number of carbonyl (C=O) groups excluding carboxylic acids is 1. The standard InChI is InChI=1S/C22H20O4/c1-24-19-11-9-16-13-18(8-7-17(16)14-19)20(23)12-10-15-5-4-6-21(25-2)22(15)26-3/h4-14H,1-3H3/b12-10-. The number of hydrogen-bond acceptors (Lipinski definition) is 4. The fourth-order valence-electron chi connectivity index (χ4n) is 2.81. The summed E-state index contributed by atoms with van der Waals surface area (Å²) in [5.74, 6) is 1.94. The van der Waals surface area contributed by atoms with Crippen LogP contribution >= 0.6 is 0 Å². The predicted octanol–water partition coefficient (Wildman–Crippen LogP) is 4.76. The molecule has 0 heterocycles. The van der Waals surface area contributed by atoms with Crippen molar-refractivity contribution < 1.29 is 19.0 Å². The summed E-state index contributed by atoms with van der Waals surface area (Å²) in [6.45, 7) is 0. The molecular weight excluding hydrogens is 328 g/mol. The van der Waals surface area contributed by atoms with E-state index in [0.29, 0.717) is 17.1 Å². The van der Waals surface area contributed by atoms with Crippen LogP contribution in [0.4, 0.5) is 0 Å². The summed E-state index contributed by atoms with van der Waals surface area (Å²) in [5.41, 5.74) is 1.41. The molecule has 0 aliphatic rings. The molecule has 0 atom stereocenters. The van der Waals surface area contributed by atoms with Crippen LogP contribution in [0.3, 0.4) is 0 Å². The molecule has 0 saturated heterocycles. The number of para-hydroxylation sites is 1. The van der Waals surface area contributed by atoms with Crippen LogP contribution in [0.1, 0.15) is 15.9 Å². The van der Waals surface area contributed by atoms with Crippen molar-refractivity contribution in [1.82, 2.24) is 0 Å². The Bertz CT molecular complexity index is 973. The van der Waals surface area contributed by atoms with E-state index in [2.05, 4.69) is 0 Å². The van der Waals surface area contributed by atoms with E-state index in [1.165, 1.54) is 0 Å². The second-order valence-electron chi connectivity index (χ2n) is 5.71. The Labute approximate surface area is 152 Å². The summed E-state index contributed by atoms with van der Waals surface area (Å²) in [6.07, 6.45) is 3.28. The molecule has 4 nitrogen and oxygen atoms in total. The van der Waals surface area contributed by atoms with E-state index in [4.69, 9.17) is 14.2 Å². The largest absolute Gasteiger partial charge is 0.497 e. The van der Waals surface area contributed by atoms with Gasteiger partial charge in [0.2, 0.25) is 0 Å². The number of ketones is 1. The molecule has 0 spiro atoms. The highest BCUT2D eigenvalue weighted by Gasteiger charge is 2.08. The maximum Gasteiger partial charge on any atom is 0.185 e. The monoisotopic (exact) mass is 348 g/mol. The van der Waals surface area contributed by atoms with E-state index in [9.17, 15) is 4.79 Å². The number of allylic oxidation sites excluding steroid dienone is 1. The van der Waals surface area contributed by atoms with Crippen LogP contribution in [0, 0.1) is 0 Å². The molecule has 0 radical (unpaired) electrons. The fraction of sp³-hybridized carbons (Fsp3) is 0.136. The van der Waals surface area contributed by atoms with Gasteiger partial charge in [0.1, 0.15) is 5.75 Å². The smallest absolute Gasteiger partial charge is 0.185 e. The number of fused-ring (bicyclic) bond motifs is 1. The van der Waals surface area contributed by atoms with Crippen LogP contribution in [0.25, 0.3) is 16.8 Å². The van der Waals surface area contributed by atoms with Gasteiger partial charge in [0.25, 0.3) is 0 Å². The minimum Gasteiger partial charge on any atom is -0.497 e. The van der Waals surface area contributed by atoms with Crippen LogP contribution in [0.2, 0.25) is 0 Å². The van der Waals surface area contributed by atoms with E-state index in [1.54, 1.807) is 33.5 Å². The lowest BCUT2D eigenvalue weighted by Crippen LogP contribution is -1.95. The van der Waals surface area contributed by atoms with Gasteiger partial charge in [-0.25, -0.2) is 0 Å². The van der Waals surface area contributed by atoms with Crippen molar-refractivity contribution in [3.05, 3.63) is 71.8 Å². The number of benzene rings is 3. The van der Waals surface area contributed by atoms with Crippen LogP contribution in [-0.4, -0.2) is 27.1 Å². The first-order valence-electron chi connectivity index (χ1n) is 8.17. The van der Waals surface area contributed by atoms with E-state index in [0.717, 1.165) is 22.1 Å². The molecule has 3 aromatic rings. The zero-order chi connectivity index (χ0) is 18.5. The predicted molar refractivity (Wildman–Crippen MR) is 103 cm³/mol. The van der Waals surface area contributed by atoms with Gasteiger partial charge in [-0.2, -0.15) is 0 Å². The summed E-state index contributed by atoms with van der Waals surface area (Å²) < 4.78 is 15.9. The SMILES string of the molecule is COc1ccc2cc(C(=O)/C=C\c3cccc(OC)c3OC)ccc2c1. The highest BCUT2D eigenvalue weighted by Crippen LogP contribution is 2.31. The molecule has 0 aliphatic heterocycles. The Morgan fingerprint density at radius 3 is 2.35 bits per heavy atom. The number of hydrogen-bond donors (Lipinski definition) is 0.